The first kappa shape index (κ1) is 9.34. The molecule has 3 unspecified atom stereocenters. The van der Waals surface area contributed by atoms with E-state index in [1.807, 2.05) is 13.8 Å². The molecule has 0 aliphatic heterocycles. The standard InChI is InChI=1S/C9H17ClO/c1-6-4-5-7(8(6)11)9(2,3)10/h6-8,11H,4-5H2,1-3H3. The molecule has 2 heteroatoms. The summed E-state index contributed by atoms with van der Waals surface area (Å²) in [5.74, 6) is 0.706. The lowest BCUT2D eigenvalue weighted by Gasteiger charge is -2.28. The van der Waals surface area contributed by atoms with Crippen molar-refractivity contribution >= 4 is 11.6 Å². The number of halogens is 1. The molecule has 1 nitrogen and oxygen atoms in total. The summed E-state index contributed by atoms with van der Waals surface area (Å²) < 4.78 is 0. The molecule has 0 radical (unpaired) electrons. The van der Waals surface area contributed by atoms with Gasteiger partial charge in [0.15, 0.2) is 0 Å². The largest absolute Gasteiger partial charge is 0.392 e. The average molecular weight is 177 g/mol. The fraction of sp³-hybridized carbons (Fsp3) is 1.00. The summed E-state index contributed by atoms with van der Waals surface area (Å²) in [6.45, 7) is 6.06. The van der Waals surface area contributed by atoms with E-state index in [0.29, 0.717) is 5.92 Å². The molecule has 0 aromatic carbocycles. The van der Waals surface area contributed by atoms with Gasteiger partial charge in [0.05, 0.1) is 6.10 Å². The highest BCUT2D eigenvalue weighted by molar-refractivity contribution is 6.23. The zero-order valence-electron chi connectivity index (χ0n) is 7.47. The fourth-order valence-corrected chi connectivity index (χ4v) is 2.17. The van der Waals surface area contributed by atoms with Crippen LogP contribution in [-0.2, 0) is 0 Å². The molecule has 0 heterocycles. The van der Waals surface area contributed by atoms with Gasteiger partial charge in [-0.3, -0.25) is 0 Å². The van der Waals surface area contributed by atoms with Gasteiger partial charge < -0.3 is 5.11 Å². The molecule has 0 bridgehead atoms. The lowest BCUT2D eigenvalue weighted by atomic mass is 9.90. The second-order valence-electron chi connectivity index (χ2n) is 4.22. The van der Waals surface area contributed by atoms with Crippen LogP contribution in [0.2, 0.25) is 0 Å². The Kier molecular flexibility index (Phi) is 2.50. The number of aliphatic hydroxyl groups is 1. The van der Waals surface area contributed by atoms with Gasteiger partial charge in [0.25, 0.3) is 0 Å². The number of aliphatic hydroxyl groups excluding tert-OH is 1. The lowest BCUT2D eigenvalue weighted by molar-refractivity contribution is 0.0837. The van der Waals surface area contributed by atoms with E-state index in [-0.39, 0.29) is 16.9 Å². The first-order chi connectivity index (χ1) is 4.93. The molecule has 0 aromatic rings. The predicted octanol–water partition coefficient (Wildman–Crippen LogP) is 2.41. The zero-order chi connectivity index (χ0) is 8.65. The van der Waals surface area contributed by atoms with Gasteiger partial charge in [-0.05, 0) is 32.6 Å². The Morgan fingerprint density at radius 3 is 2.09 bits per heavy atom. The van der Waals surface area contributed by atoms with Gasteiger partial charge in [-0.25, -0.2) is 0 Å². The second kappa shape index (κ2) is 2.95. The van der Waals surface area contributed by atoms with E-state index < -0.39 is 0 Å². The number of hydrogen-bond donors (Lipinski definition) is 1. The van der Waals surface area contributed by atoms with Crippen LogP contribution in [-0.4, -0.2) is 16.1 Å². The molecule has 3 atom stereocenters. The third-order valence-corrected chi connectivity index (χ3v) is 3.09. The molecule has 0 saturated heterocycles. The molecule has 1 aliphatic carbocycles. The summed E-state index contributed by atoms with van der Waals surface area (Å²) in [7, 11) is 0. The molecule has 1 fully saturated rings. The Labute approximate surface area is 73.8 Å². The highest BCUT2D eigenvalue weighted by Crippen LogP contribution is 2.40. The van der Waals surface area contributed by atoms with Crippen molar-refractivity contribution in [2.24, 2.45) is 11.8 Å². The third-order valence-electron chi connectivity index (χ3n) is 2.81. The first-order valence-electron chi connectivity index (χ1n) is 4.30. The van der Waals surface area contributed by atoms with Crippen LogP contribution in [0.4, 0.5) is 0 Å². The van der Waals surface area contributed by atoms with E-state index >= 15 is 0 Å². The highest BCUT2D eigenvalue weighted by Gasteiger charge is 2.40. The quantitative estimate of drug-likeness (QED) is 0.609. The van der Waals surface area contributed by atoms with Gasteiger partial charge in [0.2, 0.25) is 0 Å². The van der Waals surface area contributed by atoms with Crippen LogP contribution in [0.25, 0.3) is 0 Å². The highest BCUT2D eigenvalue weighted by atomic mass is 35.5. The van der Waals surface area contributed by atoms with Crippen molar-refractivity contribution in [2.75, 3.05) is 0 Å². The van der Waals surface area contributed by atoms with Crippen molar-refractivity contribution in [2.45, 2.75) is 44.6 Å². The summed E-state index contributed by atoms with van der Waals surface area (Å²) in [6.07, 6.45) is 1.99. The second-order valence-corrected chi connectivity index (χ2v) is 5.19. The summed E-state index contributed by atoms with van der Waals surface area (Å²) in [5.41, 5.74) is 0. The molecule has 1 saturated carbocycles. The summed E-state index contributed by atoms with van der Waals surface area (Å²) in [4.78, 5) is -0.246. The molecule has 66 valence electrons. The van der Waals surface area contributed by atoms with Crippen LogP contribution < -0.4 is 0 Å². The van der Waals surface area contributed by atoms with Crippen LogP contribution in [0.5, 0.6) is 0 Å². The van der Waals surface area contributed by atoms with E-state index in [0.717, 1.165) is 12.8 Å². The predicted molar refractivity (Wildman–Crippen MR) is 47.8 cm³/mol. The summed E-state index contributed by atoms with van der Waals surface area (Å²) >= 11 is 6.14. The Hall–Kier alpha value is 0.250. The molecule has 1 aliphatic rings. The smallest absolute Gasteiger partial charge is 0.0610 e. The van der Waals surface area contributed by atoms with Crippen LogP contribution in [0.3, 0.4) is 0 Å². The maximum absolute atomic E-state index is 9.71. The normalized spacial score (nSPS) is 39.5. The van der Waals surface area contributed by atoms with E-state index in [1.54, 1.807) is 0 Å². The maximum atomic E-state index is 9.71. The number of rotatable bonds is 1. The van der Waals surface area contributed by atoms with E-state index in [2.05, 4.69) is 6.92 Å². The minimum absolute atomic E-state index is 0.192. The summed E-state index contributed by atoms with van der Waals surface area (Å²) in [6, 6.07) is 0. The summed E-state index contributed by atoms with van der Waals surface area (Å²) in [5, 5.41) is 9.71. The van der Waals surface area contributed by atoms with Gasteiger partial charge in [0.1, 0.15) is 0 Å². The number of hydrogen-bond acceptors (Lipinski definition) is 1. The minimum atomic E-state index is -0.246. The lowest BCUT2D eigenvalue weighted by Crippen LogP contribution is -2.33. The van der Waals surface area contributed by atoms with Crippen molar-refractivity contribution < 1.29 is 5.11 Å². The fourth-order valence-electron chi connectivity index (χ4n) is 1.93. The first-order valence-corrected chi connectivity index (χ1v) is 4.67. The SMILES string of the molecule is CC1CCC(C(C)(C)Cl)C1O. The van der Waals surface area contributed by atoms with Gasteiger partial charge in [-0.2, -0.15) is 0 Å². The molecule has 0 aromatic heterocycles. The van der Waals surface area contributed by atoms with Gasteiger partial charge in [0, 0.05) is 10.8 Å². The van der Waals surface area contributed by atoms with Crippen molar-refractivity contribution in [1.82, 2.24) is 0 Å². The van der Waals surface area contributed by atoms with E-state index in [4.69, 9.17) is 11.6 Å². The molecule has 11 heavy (non-hydrogen) atoms. The van der Waals surface area contributed by atoms with Gasteiger partial charge in [-0.15, -0.1) is 11.6 Å². The minimum Gasteiger partial charge on any atom is -0.392 e. The van der Waals surface area contributed by atoms with Crippen molar-refractivity contribution in [3.8, 4) is 0 Å². The molecule has 1 N–H and O–H groups in total. The monoisotopic (exact) mass is 176 g/mol. The Bertz CT molecular complexity index is 139. The van der Waals surface area contributed by atoms with Gasteiger partial charge in [-0.1, -0.05) is 6.92 Å². The maximum Gasteiger partial charge on any atom is 0.0610 e. The molecule has 0 spiro atoms. The van der Waals surface area contributed by atoms with Gasteiger partial charge >= 0.3 is 0 Å². The molecule has 1 rings (SSSR count). The molecular weight excluding hydrogens is 160 g/mol. The number of alkyl halides is 1. The van der Waals surface area contributed by atoms with E-state index in [9.17, 15) is 5.11 Å². The van der Waals surface area contributed by atoms with Crippen LogP contribution in [0.15, 0.2) is 0 Å². The van der Waals surface area contributed by atoms with Crippen molar-refractivity contribution in [3.63, 3.8) is 0 Å². The van der Waals surface area contributed by atoms with Crippen molar-refractivity contribution in [1.29, 1.82) is 0 Å². The zero-order valence-corrected chi connectivity index (χ0v) is 8.23. The van der Waals surface area contributed by atoms with Crippen LogP contribution in [0, 0.1) is 11.8 Å². The Balaban J connectivity index is 2.62. The van der Waals surface area contributed by atoms with E-state index in [1.165, 1.54) is 0 Å². The molecular formula is C9H17ClO. The van der Waals surface area contributed by atoms with Crippen molar-refractivity contribution in [3.05, 3.63) is 0 Å². The van der Waals surface area contributed by atoms with Crippen LogP contribution in [0.1, 0.15) is 33.6 Å². The topological polar surface area (TPSA) is 20.2 Å². The Morgan fingerprint density at radius 1 is 1.36 bits per heavy atom. The van der Waals surface area contributed by atoms with Crippen LogP contribution >= 0.6 is 11.6 Å². The molecule has 0 amide bonds. The Morgan fingerprint density at radius 2 is 1.91 bits per heavy atom. The average Bonchev–Trinajstić information content (AvgIpc) is 2.11. The third kappa shape index (κ3) is 1.88.